The van der Waals surface area contributed by atoms with E-state index in [4.69, 9.17) is 16.6 Å². The van der Waals surface area contributed by atoms with Crippen molar-refractivity contribution in [2.75, 3.05) is 23.4 Å². The van der Waals surface area contributed by atoms with Crippen LogP contribution in [0.25, 0.3) is 0 Å². The first-order valence-electron chi connectivity index (χ1n) is 10.4. The van der Waals surface area contributed by atoms with Crippen molar-refractivity contribution >= 4 is 28.8 Å². The number of fused-ring (bicyclic) bond motifs is 1. The number of alkyl halides is 3. The maximum Gasteiger partial charge on any atom is 0.391 e. The Labute approximate surface area is 183 Å². The molecule has 0 bridgehead atoms. The van der Waals surface area contributed by atoms with Gasteiger partial charge >= 0.3 is 6.18 Å². The zero-order valence-corrected chi connectivity index (χ0v) is 18.1. The van der Waals surface area contributed by atoms with Gasteiger partial charge in [0.05, 0.1) is 5.92 Å². The second-order valence-corrected chi connectivity index (χ2v) is 8.44. The molecule has 4 rings (SSSR count). The molecule has 1 aromatic heterocycles. The second kappa shape index (κ2) is 8.35. The van der Waals surface area contributed by atoms with Crippen molar-refractivity contribution in [3.8, 4) is 0 Å². The third-order valence-electron chi connectivity index (χ3n) is 6.23. The Hall–Kier alpha value is -2.26. The minimum Gasteiger partial charge on any atom is -0.322 e. The number of nitrogens with one attached hydrogen (secondary N) is 2. The molecule has 2 aromatic rings. The maximum absolute atomic E-state index is 13.2. The maximum atomic E-state index is 13.2. The van der Waals surface area contributed by atoms with Crippen molar-refractivity contribution in [2.24, 2.45) is 5.92 Å². The van der Waals surface area contributed by atoms with E-state index in [2.05, 4.69) is 10.3 Å². The molecule has 1 aliphatic heterocycles. The Morgan fingerprint density at radius 1 is 1.19 bits per heavy atom. The molecule has 6 nitrogen and oxygen atoms in total. The van der Waals surface area contributed by atoms with E-state index in [1.165, 1.54) is 0 Å². The van der Waals surface area contributed by atoms with E-state index in [0.717, 1.165) is 5.69 Å². The first-order chi connectivity index (χ1) is 14.7. The summed E-state index contributed by atoms with van der Waals surface area (Å²) in [4.78, 5) is 24.6. The summed E-state index contributed by atoms with van der Waals surface area (Å²) in [6.45, 7) is 2.57. The molecule has 10 heteroatoms. The van der Waals surface area contributed by atoms with Crippen LogP contribution in [0, 0.1) is 5.92 Å². The van der Waals surface area contributed by atoms with Crippen LogP contribution in [0.15, 0.2) is 29.1 Å². The van der Waals surface area contributed by atoms with E-state index in [1.54, 1.807) is 19.2 Å². The molecule has 0 spiro atoms. The van der Waals surface area contributed by atoms with Crippen LogP contribution in [0.2, 0.25) is 5.02 Å². The fourth-order valence-corrected chi connectivity index (χ4v) is 4.76. The molecule has 1 unspecified atom stereocenters. The SMILES string of the molecule is CCN1c2nc([C@H]3CC[C@@H](C(F)(F)F)CC3)[nH]c(=O)c2N(c2ccc(Cl)cc2)C1NC. The normalized spacial score (nSPS) is 23.9. The third-order valence-corrected chi connectivity index (χ3v) is 6.48. The fraction of sp³-hybridized carbons (Fsp3) is 0.524. The largest absolute Gasteiger partial charge is 0.391 e. The fourth-order valence-electron chi connectivity index (χ4n) is 4.63. The molecular weight excluding hydrogens is 431 g/mol. The van der Waals surface area contributed by atoms with Crippen molar-refractivity contribution in [3.05, 3.63) is 45.5 Å². The van der Waals surface area contributed by atoms with Crippen molar-refractivity contribution in [1.82, 2.24) is 15.3 Å². The molecule has 1 atom stereocenters. The lowest BCUT2D eigenvalue weighted by Crippen LogP contribution is -2.50. The van der Waals surface area contributed by atoms with Gasteiger partial charge in [-0.3, -0.25) is 15.0 Å². The molecule has 2 N–H and O–H groups in total. The van der Waals surface area contributed by atoms with Gasteiger partial charge in [-0.25, -0.2) is 4.98 Å². The lowest BCUT2D eigenvalue weighted by molar-refractivity contribution is -0.182. The topological polar surface area (TPSA) is 64.3 Å². The molecular formula is C21H25ClF3N5O. The van der Waals surface area contributed by atoms with Crippen LogP contribution < -0.4 is 20.7 Å². The van der Waals surface area contributed by atoms with Crippen molar-refractivity contribution < 1.29 is 13.2 Å². The van der Waals surface area contributed by atoms with Gasteiger partial charge in [0.15, 0.2) is 17.8 Å². The molecule has 31 heavy (non-hydrogen) atoms. The number of rotatable bonds is 4. The predicted octanol–water partition coefficient (Wildman–Crippen LogP) is 4.74. The summed E-state index contributed by atoms with van der Waals surface area (Å²) in [6.07, 6.45) is -3.67. The van der Waals surface area contributed by atoms with Crippen LogP contribution >= 0.6 is 11.6 Å². The van der Waals surface area contributed by atoms with Crippen LogP contribution in [-0.4, -0.2) is 36.0 Å². The van der Waals surface area contributed by atoms with E-state index in [-0.39, 0.29) is 30.6 Å². The predicted molar refractivity (Wildman–Crippen MR) is 115 cm³/mol. The average Bonchev–Trinajstić information content (AvgIpc) is 3.07. The molecule has 0 radical (unpaired) electrons. The van der Waals surface area contributed by atoms with E-state index in [0.29, 0.717) is 41.7 Å². The van der Waals surface area contributed by atoms with Gasteiger partial charge in [-0.2, -0.15) is 13.2 Å². The van der Waals surface area contributed by atoms with Gasteiger partial charge in [0, 0.05) is 23.2 Å². The molecule has 2 heterocycles. The van der Waals surface area contributed by atoms with E-state index < -0.39 is 12.1 Å². The molecule has 168 valence electrons. The average molecular weight is 456 g/mol. The summed E-state index contributed by atoms with van der Waals surface area (Å²) in [6, 6.07) is 7.18. The number of anilines is 3. The summed E-state index contributed by atoms with van der Waals surface area (Å²) in [5.74, 6) is -0.455. The quantitative estimate of drug-likeness (QED) is 0.697. The summed E-state index contributed by atoms with van der Waals surface area (Å²) in [5.41, 5.74) is 0.895. The van der Waals surface area contributed by atoms with Gasteiger partial charge in [-0.05, 0) is 63.9 Å². The molecule has 1 saturated carbocycles. The van der Waals surface area contributed by atoms with Crippen LogP contribution in [0.4, 0.5) is 30.4 Å². The number of H-pyrrole nitrogens is 1. The molecule has 0 saturated heterocycles. The Bertz CT molecular complexity index is 986. The number of aromatic nitrogens is 2. The summed E-state index contributed by atoms with van der Waals surface area (Å²) in [5, 5.41) is 3.82. The second-order valence-electron chi connectivity index (χ2n) is 8.01. The lowest BCUT2D eigenvalue weighted by atomic mass is 9.81. The van der Waals surface area contributed by atoms with Crippen LogP contribution in [0.3, 0.4) is 0 Å². The Morgan fingerprint density at radius 3 is 2.39 bits per heavy atom. The number of aromatic amines is 1. The first-order valence-corrected chi connectivity index (χ1v) is 10.8. The third kappa shape index (κ3) is 4.01. The Balaban J connectivity index is 1.70. The minimum absolute atomic E-state index is 0.0580. The van der Waals surface area contributed by atoms with Gasteiger partial charge in [0.25, 0.3) is 5.56 Å². The lowest BCUT2D eigenvalue weighted by Gasteiger charge is -2.31. The molecule has 1 aromatic carbocycles. The van der Waals surface area contributed by atoms with Crippen molar-refractivity contribution in [1.29, 1.82) is 0 Å². The minimum atomic E-state index is -4.16. The molecule has 2 aliphatic rings. The zero-order chi connectivity index (χ0) is 22.3. The smallest absolute Gasteiger partial charge is 0.322 e. The Morgan fingerprint density at radius 2 is 1.84 bits per heavy atom. The number of hydrogen-bond acceptors (Lipinski definition) is 5. The highest BCUT2D eigenvalue weighted by Gasteiger charge is 2.43. The highest BCUT2D eigenvalue weighted by molar-refractivity contribution is 6.30. The van der Waals surface area contributed by atoms with E-state index in [1.807, 2.05) is 28.9 Å². The highest BCUT2D eigenvalue weighted by Crippen LogP contribution is 2.44. The van der Waals surface area contributed by atoms with Crippen LogP contribution in [-0.2, 0) is 0 Å². The van der Waals surface area contributed by atoms with Crippen molar-refractivity contribution in [3.63, 3.8) is 0 Å². The number of nitrogens with zero attached hydrogens (tertiary/aromatic N) is 3. The number of benzene rings is 1. The zero-order valence-electron chi connectivity index (χ0n) is 17.3. The summed E-state index contributed by atoms with van der Waals surface area (Å²) < 4.78 is 39.1. The number of hydrogen-bond donors (Lipinski definition) is 2. The number of halogens is 4. The van der Waals surface area contributed by atoms with Gasteiger partial charge in [-0.15, -0.1) is 0 Å². The van der Waals surface area contributed by atoms with Crippen LogP contribution in [0.1, 0.15) is 44.3 Å². The Kier molecular flexibility index (Phi) is 5.91. The van der Waals surface area contributed by atoms with Crippen molar-refractivity contribution in [2.45, 2.75) is 51.0 Å². The van der Waals surface area contributed by atoms with Gasteiger partial charge in [-0.1, -0.05) is 11.6 Å². The van der Waals surface area contributed by atoms with Gasteiger partial charge < -0.3 is 9.88 Å². The van der Waals surface area contributed by atoms with Gasteiger partial charge in [0.2, 0.25) is 0 Å². The van der Waals surface area contributed by atoms with Crippen LogP contribution in [0.5, 0.6) is 0 Å². The van der Waals surface area contributed by atoms with E-state index >= 15 is 0 Å². The summed E-state index contributed by atoms with van der Waals surface area (Å²) >= 11 is 6.03. The molecule has 0 amide bonds. The summed E-state index contributed by atoms with van der Waals surface area (Å²) in [7, 11) is 1.80. The monoisotopic (exact) mass is 455 g/mol. The molecule has 1 aliphatic carbocycles. The van der Waals surface area contributed by atoms with E-state index in [9.17, 15) is 18.0 Å². The van der Waals surface area contributed by atoms with Gasteiger partial charge in [0.1, 0.15) is 5.82 Å². The standard InChI is InChI=1S/C21H25ClF3N5O/c1-3-29-18-16(30(20(29)26-2)15-10-8-14(22)9-11-15)19(31)28-17(27-18)12-4-6-13(7-5-12)21(23,24)25/h8-13,20,26H,3-7H2,1-2H3,(H,27,28,31)/t12-,13+,20?. The molecule has 1 fully saturated rings. The first kappa shape index (κ1) is 22.0. The highest BCUT2D eigenvalue weighted by atomic mass is 35.5.